The van der Waals surface area contributed by atoms with Crippen molar-refractivity contribution in [2.24, 2.45) is 5.92 Å². The summed E-state index contributed by atoms with van der Waals surface area (Å²) in [5.74, 6) is -0.176. The predicted octanol–water partition coefficient (Wildman–Crippen LogP) is 3.52. The first-order chi connectivity index (χ1) is 13.1. The van der Waals surface area contributed by atoms with Gasteiger partial charge in [0.2, 0.25) is 0 Å². The van der Waals surface area contributed by atoms with E-state index in [0.29, 0.717) is 35.7 Å². The Morgan fingerprint density at radius 2 is 1.67 bits per heavy atom. The molecule has 0 aromatic heterocycles. The summed E-state index contributed by atoms with van der Waals surface area (Å²) in [7, 11) is 0. The molecule has 0 radical (unpaired) electrons. The summed E-state index contributed by atoms with van der Waals surface area (Å²) in [5, 5.41) is 3.37. The van der Waals surface area contributed by atoms with Crippen molar-refractivity contribution < 1.29 is 14.0 Å². The van der Waals surface area contributed by atoms with E-state index in [1.54, 1.807) is 24.3 Å². The van der Waals surface area contributed by atoms with Crippen LogP contribution < -0.4 is 5.32 Å². The molecule has 1 saturated heterocycles. The number of rotatable bonds is 6. The Morgan fingerprint density at radius 1 is 1.04 bits per heavy atom. The average molecular weight is 368 g/mol. The quantitative estimate of drug-likeness (QED) is 0.794. The lowest BCUT2D eigenvalue weighted by atomic mass is 9.94. The molecule has 2 aromatic carbocycles. The number of piperidine rings is 1. The first kappa shape index (κ1) is 19.2. The molecule has 0 bridgehead atoms. The van der Waals surface area contributed by atoms with E-state index in [1.165, 1.54) is 24.3 Å². The number of benzene rings is 2. The predicted molar refractivity (Wildman–Crippen MR) is 103 cm³/mol. The number of amides is 1. The molecule has 27 heavy (non-hydrogen) atoms. The topological polar surface area (TPSA) is 49.4 Å². The smallest absolute Gasteiger partial charge is 0.254 e. The highest BCUT2D eigenvalue weighted by molar-refractivity contribution is 6.15. The molecule has 142 valence electrons. The third-order valence-corrected chi connectivity index (χ3v) is 5.09. The number of nitrogens with one attached hydrogen (secondary N) is 1. The van der Waals surface area contributed by atoms with Crippen LogP contribution in [0.3, 0.4) is 0 Å². The number of ketones is 1. The lowest BCUT2D eigenvalue weighted by Crippen LogP contribution is -2.41. The summed E-state index contributed by atoms with van der Waals surface area (Å²) in [4.78, 5) is 27.7. The zero-order valence-electron chi connectivity index (χ0n) is 15.6. The Hall–Kier alpha value is -2.53. The Balaban J connectivity index is 1.75. The fourth-order valence-corrected chi connectivity index (χ4v) is 3.48. The number of carbonyl (C=O) groups is 2. The molecular weight excluding hydrogens is 343 g/mol. The van der Waals surface area contributed by atoms with Gasteiger partial charge >= 0.3 is 0 Å². The fourth-order valence-electron chi connectivity index (χ4n) is 3.48. The molecule has 1 heterocycles. The molecule has 3 rings (SSSR count). The van der Waals surface area contributed by atoms with Crippen LogP contribution in [-0.4, -0.2) is 42.8 Å². The first-order valence-electron chi connectivity index (χ1n) is 9.49. The van der Waals surface area contributed by atoms with Crippen LogP contribution in [0.2, 0.25) is 0 Å². The van der Waals surface area contributed by atoms with Gasteiger partial charge in [0.25, 0.3) is 5.91 Å². The molecule has 0 saturated carbocycles. The van der Waals surface area contributed by atoms with Crippen molar-refractivity contribution in [1.82, 2.24) is 10.2 Å². The van der Waals surface area contributed by atoms with Crippen molar-refractivity contribution in [3.05, 3.63) is 71.0 Å². The van der Waals surface area contributed by atoms with Crippen LogP contribution in [0.5, 0.6) is 0 Å². The van der Waals surface area contributed by atoms with E-state index in [-0.39, 0.29) is 11.7 Å². The minimum Gasteiger partial charge on any atom is -0.339 e. The summed E-state index contributed by atoms with van der Waals surface area (Å²) < 4.78 is 13.1. The Bertz CT molecular complexity index is 796. The van der Waals surface area contributed by atoms with Crippen molar-refractivity contribution in [1.29, 1.82) is 0 Å². The van der Waals surface area contributed by atoms with Crippen LogP contribution in [0, 0.1) is 11.7 Å². The van der Waals surface area contributed by atoms with Gasteiger partial charge in [-0.25, -0.2) is 4.39 Å². The molecule has 1 N–H and O–H groups in total. The second kappa shape index (κ2) is 8.91. The van der Waals surface area contributed by atoms with Gasteiger partial charge in [-0.3, -0.25) is 9.59 Å². The second-order valence-corrected chi connectivity index (χ2v) is 6.92. The molecule has 0 atom stereocenters. The highest BCUT2D eigenvalue weighted by Gasteiger charge is 2.26. The van der Waals surface area contributed by atoms with Gasteiger partial charge in [0.15, 0.2) is 5.78 Å². The molecule has 0 aliphatic carbocycles. The summed E-state index contributed by atoms with van der Waals surface area (Å²) in [6.45, 7) is 5.44. The van der Waals surface area contributed by atoms with E-state index in [0.717, 1.165) is 25.9 Å². The highest BCUT2D eigenvalue weighted by Crippen LogP contribution is 2.21. The molecule has 4 nitrogen and oxygen atoms in total. The van der Waals surface area contributed by atoms with Crippen LogP contribution in [0.15, 0.2) is 48.5 Å². The third kappa shape index (κ3) is 4.61. The summed E-state index contributed by atoms with van der Waals surface area (Å²) in [5.41, 5.74) is 1.15. The number of halogens is 1. The van der Waals surface area contributed by atoms with E-state index < -0.39 is 5.82 Å². The van der Waals surface area contributed by atoms with E-state index in [1.807, 2.05) is 4.90 Å². The van der Waals surface area contributed by atoms with E-state index in [9.17, 15) is 14.0 Å². The molecule has 1 fully saturated rings. The van der Waals surface area contributed by atoms with Gasteiger partial charge in [-0.2, -0.15) is 0 Å². The third-order valence-electron chi connectivity index (χ3n) is 5.09. The monoisotopic (exact) mass is 368 g/mol. The largest absolute Gasteiger partial charge is 0.339 e. The van der Waals surface area contributed by atoms with E-state index >= 15 is 0 Å². The maximum absolute atomic E-state index is 13.1. The maximum Gasteiger partial charge on any atom is 0.254 e. The SMILES string of the molecule is CCNCC1CCN(C(=O)c2ccccc2C(=O)c2ccc(F)cc2)CC1. The van der Waals surface area contributed by atoms with Crippen molar-refractivity contribution in [2.45, 2.75) is 19.8 Å². The van der Waals surface area contributed by atoms with Gasteiger partial charge in [0, 0.05) is 24.2 Å². The van der Waals surface area contributed by atoms with Crippen LogP contribution in [0.25, 0.3) is 0 Å². The van der Waals surface area contributed by atoms with E-state index in [4.69, 9.17) is 0 Å². The lowest BCUT2D eigenvalue weighted by Gasteiger charge is -2.32. The van der Waals surface area contributed by atoms with Gasteiger partial charge in [0.05, 0.1) is 5.56 Å². The Morgan fingerprint density at radius 3 is 2.30 bits per heavy atom. The summed E-state index contributed by atoms with van der Waals surface area (Å²) >= 11 is 0. The maximum atomic E-state index is 13.1. The van der Waals surface area contributed by atoms with Crippen molar-refractivity contribution >= 4 is 11.7 Å². The molecule has 1 aliphatic heterocycles. The minimum atomic E-state index is -0.392. The van der Waals surface area contributed by atoms with Crippen LogP contribution in [0.1, 0.15) is 46.0 Å². The highest BCUT2D eigenvalue weighted by atomic mass is 19.1. The zero-order chi connectivity index (χ0) is 19.2. The molecular formula is C22H25FN2O2. The number of nitrogens with zero attached hydrogens (tertiary/aromatic N) is 1. The van der Waals surface area contributed by atoms with Gasteiger partial charge < -0.3 is 10.2 Å². The van der Waals surface area contributed by atoms with Gasteiger partial charge in [0.1, 0.15) is 5.82 Å². The molecule has 1 amide bonds. The zero-order valence-corrected chi connectivity index (χ0v) is 15.6. The average Bonchev–Trinajstić information content (AvgIpc) is 2.72. The molecule has 2 aromatic rings. The van der Waals surface area contributed by atoms with Gasteiger partial charge in [-0.15, -0.1) is 0 Å². The lowest BCUT2D eigenvalue weighted by molar-refractivity contribution is 0.0687. The number of carbonyl (C=O) groups excluding carboxylic acids is 2. The first-order valence-corrected chi connectivity index (χ1v) is 9.49. The van der Waals surface area contributed by atoms with Gasteiger partial charge in [-0.05, 0) is 62.2 Å². The van der Waals surface area contributed by atoms with Crippen molar-refractivity contribution in [3.8, 4) is 0 Å². The van der Waals surface area contributed by atoms with Crippen molar-refractivity contribution in [2.75, 3.05) is 26.2 Å². The molecule has 5 heteroatoms. The van der Waals surface area contributed by atoms with Gasteiger partial charge in [-0.1, -0.05) is 25.1 Å². The number of hydrogen-bond acceptors (Lipinski definition) is 3. The van der Waals surface area contributed by atoms with Crippen LogP contribution in [-0.2, 0) is 0 Å². The molecule has 0 unspecified atom stereocenters. The summed E-state index contributed by atoms with van der Waals surface area (Å²) in [6.07, 6.45) is 1.93. The minimum absolute atomic E-state index is 0.108. The standard InChI is InChI=1S/C22H25FN2O2/c1-2-24-15-16-11-13-25(14-12-16)22(27)20-6-4-3-5-19(20)21(26)17-7-9-18(23)10-8-17/h3-10,16,24H,2,11-15H2,1H3. The second-order valence-electron chi connectivity index (χ2n) is 6.92. The summed E-state index contributed by atoms with van der Waals surface area (Å²) in [6, 6.07) is 12.3. The van der Waals surface area contributed by atoms with Crippen LogP contribution >= 0.6 is 0 Å². The fraction of sp³-hybridized carbons (Fsp3) is 0.364. The van der Waals surface area contributed by atoms with E-state index in [2.05, 4.69) is 12.2 Å². The van der Waals surface area contributed by atoms with Crippen LogP contribution in [0.4, 0.5) is 4.39 Å². The number of likely N-dealkylation sites (tertiary alicyclic amines) is 1. The van der Waals surface area contributed by atoms with Crippen molar-refractivity contribution in [3.63, 3.8) is 0 Å². The molecule has 0 spiro atoms. The Labute approximate surface area is 159 Å². The number of hydrogen-bond donors (Lipinski definition) is 1. The normalized spacial score (nSPS) is 15.0. The molecule has 1 aliphatic rings. The Kier molecular flexibility index (Phi) is 6.35.